The maximum absolute atomic E-state index is 5.00. The molecule has 0 bridgehead atoms. The lowest BCUT2D eigenvalue weighted by atomic mass is 10.1. The normalized spacial score (nSPS) is 13.1. The lowest BCUT2D eigenvalue weighted by Crippen LogP contribution is -2.20. The zero-order chi connectivity index (χ0) is 16.0. The number of benzene rings is 2. The fourth-order valence-electron chi connectivity index (χ4n) is 2.14. The zero-order valence-electron chi connectivity index (χ0n) is 13.8. The zero-order valence-corrected chi connectivity index (χ0v) is 14.8. The molecular formula is C19H24N2Si. The summed E-state index contributed by atoms with van der Waals surface area (Å²) in [6.45, 7) is 8.84. The van der Waals surface area contributed by atoms with Gasteiger partial charge in [0.25, 0.3) is 0 Å². The van der Waals surface area contributed by atoms with E-state index < -0.39 is 8.24 Å². The fourth-order valence-corrected chi connectivity index (χ4v) is 3.06. The van der Waals surface area contributed by atoms with Gasteiger partial charge in [-0.1, -0.05) is 48.5 Å². The highest BCUT2D eigenvalue weighted by Crippen LogP contribution is 2.13. The van der Waals surface area contributed by atoms with E-state index >= 15 is 0 Å². The first-order valence-electron chi connectivity index (χ1n) is 7.60. The van der Waals surface area contributed by atoms with Gasteiger partial charge >= 0.3 is 0 Å². The van der Waals surface area contributed by atoms with Crippen LogP contribution in [0.3, 0.4) is 0 Å². The summed E-state index contributed by atoms with van der Waals surface area (Å²) in [5, 5.41) is 3.42. The summed E-state index contributed by atoms with van der Waals surface area (Å²) in [7, 11) is -1.55. The monoisotopic (exact) mass is 308 g/mol. The van der Waals surface area contributed by atoms with Crippen LogP contribution in [-0.2, 0) is 0 Å². The summed E-state index contributed by atoms with van der Waals surface area (Å²) in [6.07, 6.45) is 2.14. The molecule has 0 atom stereocenters. The molecule has 0 spiro atoms. The van der Waals surface area contributed by atoms with Gasteiger partial charge in [0, 0.05) is 11.4 Å². The van der Waals surface area contributed by atoms with E-state index in [1.54, 1.807) is 0 Å². The van der Waals surface area contributed by atoms with E-state index in [1.807, 2.05) is 24.3 Å². The van der Waals surface area contributed by atoms with Gasteiger partial charge in [-0.2, -0.15) is 0 Å². The van der Waals surface area contributed by atoms with Crippen molar-refractivity contribution in [3.05, 3.63) is 78.0 Å². The number of para-hydroxylation sites is 1. The number of allylic oxidation sites excluding steroid dienone is 2. The Morgan fingerprint density at radius 3 is 2.00 bits per heavy atom. The van der Waals surface area contributed by atoms with Gasteiger partial charge in [0.05, 0.1) is 5.71 Å². The summed E-state index contributed by atoms with van der Waals surface area (Å²) in [4.78, 5) is 0. The lowest BCUT2D eigenvalue weighted by Gasteiger charge is -2.14. The molecule has 0 fully saturated rings. The second-order valence-corrected chi connectivity index (χ2v) is 10.9. The predicted octanol–water partition coefficient (Wildman–Crippen LogP) is 5.33. The van der Waals surface area contributed by atoms with Gasteiger partial charge in [-0.3, -0.25) is 0 Å². The Hall–Kier alpha value is -2.13. The first-order chi connectivity index (χ1) is 10.4. The Labute approximate surface area is 134 Å². The second kappa shape index (κ2) is 7.23. The molecule has 2 aromatic rings. The number of anilines is 1. The van der Waals surface area contributed by atoms with Crippen LogP contribution in [0, 0.1) is 0 Å². The van der Waals surface area contributed by atoms with Crippen molar-refractivity contribution < 1.29 is 0 Å². The molecule has 22 heavy (non-hydrogen) atoms. The first-order valence-corrected chi connectivity index (χ1v) is 11.0. The van der Waals surface area contributed by atoms with Crippen LogP contribution < -0.4 is 5.32 Å². The van der Waals surface area contributed by atoms with Crippen molar-refractivity contribution >= 4 is 19.6 Å². The molecule has 0 radical (unpaired) electrons. The van der Waals surface area contributed by atoms with Gasteiger partial charge < -0.3 is 9.97 Å². The molecule has 0 aliphatic heterocycles. The number of nitrogens with zero attached hydrogens (tertiary/aromatic N) is 1. The van der Waals surface area contributed by atoms with E-state index in [4.69, 9.17) is 4.66 Å². The quantitative estimate of drug-likeness (QED) is 0.586. The van der Waals surface area contributed by atoms with Crippen LogP contribution in [0.1, 0.15) is 12.5 Å². The summed E-state index contributed by atoms with van der Waals surface area (Å²) in [5.74, 6) is 0. The predicted molar refractivity (Wildman–Crippen MR) is 100 cm³/mol. The van der Waals surface area contributed by atoms with Crippen molar-refractivity contribution in [2.24, 2.45) is 4.66 Å². The summed E-state index contributed by atoms with van der Waals surface area (Å²) >= 11 is 0. The lowest BCUT2D eigenvalue weighted by molar-refractivity contribution is 1.38. The second-order valence-electron chi connectivity index (χ2n) is 6.35. The van der Waals surface area contributed by atoms with Gasteiger partial charge in [-0.25, -0.2) is 0 Å². The van der Waals surface area contributed by atoms with Crippen LogP contribution in [-0.4, -0.2) is 13.9 Å². The minimum Gasteiger partial charge on any atom is -0.359 e. The Morgan fingerprint density at radius 2 is 1.45 bits per heavy atom. The fraction of sp³-hybridized carbons (Fsp3) is 0.211. The highest BCUT2D eigenvalue weighted by atomic mass is 28.3. The molecule has 0 aliphatic carbocycles. The van der Waals surface area contributed by atoms with Gasteiger partial charge in [-0.05, 0) is 50.3 Å². The standard InChI is InChI=1S/C19H24N2Si/c1-16(20-18-13-9-6-10-14-18)15-19(21-22(2,3)4)17-11-7-5-8-12-17/h5-15,20H,1-4H3/b16-15-,21-19-. The van der Waals surface area contributed by atoms with Crippen molar-refractivity contribution in [1.82, 2.24) is 0 Å². The minimum absolute atomic E-state index is 1.06. The molecule has 2 nitrogen and oxygen atoms in total. The Bertz CT molecular complexity index is 653. The summed E-state index contributed by atoms with van der Waals surface area (Å²) in [6, 6.07) is 20.6. The molecule has 0 saturated heterocycles. The number of hydrogen-bond acceptors (Lipinski definition) is 2. The number of nitrogens with one attached hydrogen (secondary N) is 1. The Balaban J connectivity index is 2.30. The molecule has 0 heterocycles. The maximum atomic E-state index is 5.00. The highest BCUT2D eigenvalue weighted by Gasteiger charge is 2.13. The van der Waals surface area contributed by atoms with E-state index in [0.717, 1.165) is 17.1 Å². The molecule has 0 aromatic heterocycles. The molecule has 0 unspecified atom stereocenters. The topological polar surface area (TPSA) is 24.4 Å². The van der Waals surface area contributed by atoms with E-state index in [-0.39, 0.29) is 0 Å². The minimum atomic E-state index is -1.55. The van der Waals surface area contributed by atoms with E-state index in [9.17, 15) is 0 Å². The Kier molecular flexibility index (Phi) is 5.34. The molecule has 1 N–H and O–H groups in total. The molecule has 114 valence electrons. The maximum Gasteiger partial charge on any atom is 0.173 e. The molecule has 0 amide bonds. The molecule has 2 rings (SSSR count). The molecule has 0 saturated carbocycles. The SMILES string of the molecule is C/C(=C/C(=N/[Si](C)(C)C)c1ccccc1)Nc1ccccc1. The van der Waals surface area contributed by atoms with Gasteiger partial charge in [0.1, 0.15) is 0 Å². The van der Waals surface area contributed by atoms with Gasteiger partial charge in [-0.15, -0.1) is 0 Å². The van der Waals surface area contributed by atoms with Crippen LogP contribution in [0.15, 0.2) is 77.1 Å². The molecular weight excluding hydrogens is 284 g/mol. The van der Waals surface area contributed by atoms with Crippen molar-refractivity contribution in [2.45, 2.75) is 26.6 Å². The van der Waals surface area contributed by atoms with E-state index in [1.165, 1.54) is 5.56 Å². The summed E-state index contributed by atoms with van der Waals surface area (Å²) < 4.78 is 5.00. The van der Waals surface area contributed by atoms with Gasteiger partial charge in [0.2, 0.25) is 0 Å². The summed E-state index contributed by atoms with van der Waals surface area (Å²) in [5.41, 5.74) is 4.41. The van der Waals surface area contributed by atoms with Crippen molar-refractivity contribution in [3.8, 4) is 0 Å². The Morgan fingerprint density at radius 1 is 0.909 bits per heavy atom. The third-order valence-electron chi connectivity index (χ3n) is 2.99. The largest absolute Gasteiger partial charge is 0.359 e. The van der Waals surface area contributed by atoms with Crippen molar-refractivity contribution in [1.29, 1.82) is 0 Å². The average molecular weight is 309 g/mol. The van der Waals surface area contributed by atoms with E-state index in [2.05, 4.69) is 74.4 Å². The first kappa shape index (κ1) is 16.2. The van der Waals surface area contributed by atoms with Crippen LogP contribution >= 0.6 is 0 Å². The third-order valence-corrected chi connectivity index (χ3v) is 3.91. The molecule has 0 aliphatic rings. The van der Waals surface area contributed by atoms with E-state index in [0.29, 0.717) is 0 Å². The highest BCUT2D eigenvalue weighted by molar-refractivity contribution is 6.75. The number of hydrogen-bond donors (Lipinski definition) is 1. The van der Waals surface area contributed by atoms with Gasteiger partial charge in [0.15, 0.2) is 8.24 Å². The third kappa shape index (κ3) is 5.33. The number of rotatable bonds is 5. The molecule has 3 heteroatoms. The average Bonchev–Trinajstić information content (AvgIpc) is 2.47. The smallest absolute Gasteiger partial charge is 0.173 e. The van der Waals surface area contributed by atoms with Crippen molar-refractivity contribution in [3.63, 3.8) is 0 Å². The van der Waals surface area contributed by atoms with Crippen molar-refractivity contribution in [2.75, 3.05) is 5.32 Å². The van der Waals surface area contributed by atoms with Crippen LogP contribution in [0.4, 0.5) is 5.69 Å². The van der Waals surface area contributed by atoms with Crippen LogP contribution in [0.25, 0.3) is 0 Å². The van der Waals surface area contributed by atoms with Crippen LogP contribution in [0.2, 0.25) is 19.6 Å². The molecule has 2 aromatic carbocycles. The van der Waals surface area contributed by atoms with Crippen LogP contribution in [0.5, 0.6) is 0 Å².